The van der Waals surface area contributed by atoms with Crippen molar-refractivity contribution >= 4 is 5.97 Å². The lowest BCUT2D eigenvalue weighted by Gasteiger charge is -1.97. The van der Waals surface area contributed by atoms with Crippen LogP contribution in [0.3, 0.4) is 0 Å². The van der Waals surface area contributed by atoms with Gasteiger partial charge >= 0.3 is 5.97 Å². The first-order chi connectivity index (χ1) is 4.66. The smallest absolute Gasteiger partial charge is 0.327 e. The molecule has 0 aliphatic heterocycles. The molecule has 0 spiro atoms. The van der Waals surface area contributed by atoms with Gasteiger partial charge in [-0.15, -0.1) is 6.58 Å². The summed E-state index contributed by atoms with van der Waals surface area (Å²) in [6.45, 7) is 5.49. The van der Waals surface area contributed by atoms with Crippen molar-refractivity contribution in [3.8, 4) is 0 Å². The van der Waals surface area contributed by atoms with Gasteiger partial charge in [0.1, 0.15) is 0 Å². The summed E-state index contributed by atoms with van der Waals surface area (Å²) in [5.41, 5.74) is 0. The third kappa shape index (κ3) is 5.09. The van der Waals surface area contributed by atoms with Gasteiger partial charge in [0.15, 0.2) is 0 Å². The quantitative estimate of drug-likeness (QED) is 0.478. The van der Waals surface area contributed by atoms with E-state index in [1.807, 2.05) is 6.92 Å². The van der Waals surface area contributed by atoms with E-state index >= 15 is 0 Å². The second kappa shape index (κ2) is 4.79. The molecule has 0 saturated carbocycles. The Hall–Kier alpha value is -1.05. The number of rotatable bonds is 4. The summed E-state index contributed by atoms with van der Waals surface area (Å²) in [5, 5.41) is 8.22. The molecule has 1 N–H and O–H groups in total. The third-order valence-corrected chi connectivity index (χ3v) is 1.11. The molecule has 1 atom stereocenters. The average molecular weight is 140 g/mol. The minimum atomic E-state index is -0.893. The van der Waals surface area contributed by atoms with E-state index < -0.39 is 5.97 Å². The number of aliphatic carboxylic acids is 1. The van der Waals surface area contributed by atoms with Crippen molar-refractivity contribution in [3.63, 3.8) is 0 Å². The molecule has 0 bridgehead atoms. The first kappa shape index (κ1) is 8.95. The highest BCUT2D eigenvalue weighted by Crippen LogP contribution is 2.02. The van der Waals surface area contributed by atoms with Crippen LogP contribution in [0.1, 0.15) is 13.3 Å². The molecule has 2 heteroatoms. The Morgan fingerprint density at radius 3 is 2.80 bits per heavy atom. The normalized spacial score (nSPS) is 13.3. The molecule has 0 aliphatic rings. The van der Waals surface area contributed by atoms with Crippen molar-refractivity contribution < 1.29 is 9.90 Å². The molecule has 10 heavy (non-hydrogen) atoms. The van der Waals surface area contributed by atoms with Gasteiger partial charge in [-0.2, -0.15) is 0 Å². The van der Waals surface area contributed by atoms with Crippen molar-refractivity contribution in [2.45, 2.75) is 13.3 Å². The Bertz CT molecular complexity index is 147. The van der Waals surface area contributed by atoms with E-state index in [1.165, 1.54) is 0 Å². The van der Waals surface area contributed by atoms with E-state index in [0.29, 0.717) is 0 Å². The predicted molar refractivity (Wildman–Crippen MR) is 40.8 cm³/mol. The molecule has 0 aromatic carbocycles. The first-order valence-electron chi connectivity index (χ1n) is 3.19. The molecule has 0 aliphatic carbocycles. The van der Waals surface area contributed by atoms with Crippen LogP contribution >= 0.6 is 0 Å². The van der Waals surface area contributed by atoms with Crippen LogP contribution in [0.15, 0.2) is 24.8 Å². The highest BCUT2D eigenvalue weighted by Gasteiger charge is 1.93. The Morgan fingerprint density at radius 2 is 2.40 bits per heavy atom. The van der Waals surface area contributed by atoms with E-state index in [0.717, 1.165) is 12.5 Å². The lowest BCUT2D eigenvalue weighted by atomic mass is 10.1. The van der Waals surface area contributed by atoms with Gasteiger partial charge in [0.2, 0.25) is 0 Å². The molecule has 0 amide bonds. The first-order valence-corrected chi connectivity index (χ1v) is 3.19. The highest BCUT2D eigenvalue weighted by molar-refractivity contribution is 5.79. The summed E-state index contributed by atoms with van der Waals surface area (Å²) in [4.78, 5) is 10.00. The minimum absolute atomic E-state index is 0.272. The van der Waals surface area contributed by atoms with E-state index in [2.05, 4.69) is 6.58 Å². The van der Waals surface area contributed by atoms with Gasteiger partial charge in [-0.1, -0.05) is 19.1 Å². The molecule has 1 unspecified atom stereocenters. The standard InChI is InChI=1S/C8H12O2/c1-3-4-7(2)5-6-8(9)10/h3,5-7H,1,4H2,2H3,(H,9,10)/b6-5+. The maximum absolute atomic E-state index is 10.00. The molecule has 0 aromatic rings. The van der Waals surface area contributed by atoms with Crippen LogP contribution < -0.4 is 0 Å². The fourth-order valence-corrected chi connectivity index (χ4v) is 0.588. The monoisotopic (exact) mass is 140 g/mol. The zero-order valence-electron chi connectivity index (χ0n) is 6.08. The molecular formula is C8H12O2. The number of hydrogen-bond donors (Lipinski definition) is 1. The fourth-order valence-electron chi connectivity index (χ4n) is 0.588. The SMILES string of the molecule is C=CCC(C)/C=C/C(=O)O. The van der Waals surface area contributed by atoms with Gasteiger partial charge in [-0.05, 0) is 12.3 Å². The second-order valence-corrected chi connectivity index (χ2v) is 2.20. The van der Waals surface area contributed by atoms with Crippen LogP contribution in [-0.2, 0) is 4.79 Å². The van der Waals surface area contributed by atoms with Crippen molar-refractivity contribution in [2.24, 2.45) is 5.92 Å². The van der Waals surface area contributed by atoms with Crippen LogP contribution in [0.4, 0.5) is 0 Å². The number of hydrogen-bond acceptors (Lipinski definition) is 1. The van der Waals surface area contributed by atoms with Gasteiger partial charge in [0.05, 0.1) is 0 Å². The van der Waals surface area contributed by atoms with Crippen LogP contribution in [-0.4, -0.2) is 11.1 Å². The Balaban J connectivity index is 3.65. The Labute approximate surface area is 60.9 Å². The van der Waals surface area contributed by atoms with Gasteiger partial charge in [0.25, 0.3) is 0 Å². The van der Waals surface area contributed by atoms with E-state index in [-0.39, 0.29) is 5.92 Å². The summed E-state index contributed by atoms with van der Waals surface area (Å²) >= 11 is 0. The van der Waals surface area contributed by atoms with Crippen molar-refractivity contribution in [1.29, 1.82) is 0 Å². The molecule has 0 saturated heterocycles. The predicted octanol–water partition coefficient (Wildman–Crippen LogP) is 1.84. The number of carbonyl (C=O) groups is 1. The zero-order chi connectivity index (χ0) is 7.98. The van der Waals surface area contributed by atoms with Gasteiger partial charge in [0, 0.05) is 6.08 Å². The summed E-state index contributed by atoms with van der Waals surface area (Å²) < 4.78 is 0. The van der Waals surface area contributed by atoms with Gasteiger partial charge < -0.3 is 5.11 Å². The molecule has 0 radical (unpaired) electrons. The number of allylic oxidation sites excluding steroid dienone is 2. The summed E-state index contributed by atoms with van der Waals surface area (Å²) in [7, 11) is 0. The number of carboxylic acids is 1. The van der Waals surface area contributed by atoms with Gasteiger partial charge in [-0.25, -0.2) is 4.79 Å². The third-order valence-electron chi connectivity index (χ3n) is 1.11. The second-order valence-electron chi connectivity index (χ2n) is 2.20. The van der Waals surface area contributed by atoms with E-state index in [9.17, 15) is 4.79 Å². The minimum Gasteiger partial charge on any atom is -0.478 e. The topological polar surface area (TPSA) is 37.3 Å². The van der Waals surface area contributed by atoms with Crippen LogP contribution in [0.5, 0.6) is 0 Å². The van der Waals surface area contributed by atoms with E-state index in [1.54, 1.807) is 12.2 Å². The Kier molecular flexibility index (Phi) is 4.29. The number of carboxylic acid groups (broad SMARTS) is 1. The molecule has 0 rings (SSSR count). The lowest BCUT2D eigenvalue weighted by Crippen LogP contribution is -1.91. The molecule has 0 fully saturated rings. The maximum Gasteiger partial charge on any atom is 0.327 e. The van der Waals surface area contributed by atoms with Crippen LogP contribution in [0.25, 0.3) is 0 Å². The summed E-state index contributed by atoms with van der Waals surface area (Å²) in [5.74, 6) is -0.621. The fraction of sp³-hybridized carbons (Fsp3) is 0.375. The molecule has 2 nitrogen and oxygen atoms in total. The van der Waals surface area contributed by atoms with Gasteiger partial charge in [-0.3, -0.25) is 0 Å². The zero-order valence-corrected chi connectivity index (χ0v) is 6.08. The van der Waals surface area contributed by atoms with Crippen molar-refractivity contribution in [2.75, 3.05) is 0 Å². The Morgan fingerprint density at radius 1 is 1.80 bits per heavy atom. The molecular weight excluding hydrogens is 128 g/mol. The summed E-state index contributed by atoms with van der Waals surface area (Å²) in [6, 6.07) is 0. The van der Waals surface area contributed by atoms with Crippen molar-refractivity contribution in [1.82, 2.24) is 0 Å². The van der Waals surface area contributed by atoms with Crippen LogP contribution in [0, 0.1) is 5.92 Å². The molecule has 0 heterocycles. The van der Waals surface area contributed by atoms with Crippen LogP contribution in [0.2, 0.25) is 0 Å². The summed E-state index contributed by atoms with van der Waals surface area (Å²) in [6.07, 6.45) is 5.42. The molecule has 56 valence electrons. The maximum atomic E-state index is 10.00. The molecule has 0 aromatic heterocycles. The van der Waals surface area contributed by atoms with E-state index in [4.69, 9.17) is 5.11 Å². The lowest BCUT2D eigenvalue weighted by molar-refractivity contribution is -0.131. The average Bonchev–Trinajstić information content (AvgIpc) is 1.85. The van der Waals surface area contributed by atoms with Crippen molar-refractivity contribution in [3.05, 3.63) is 24.8 Å². The highest BCUT2D eigenvalue weighted by atomic mass is 16.4. The largest absolute Gasteiger partial charge is 0.478 e.